The van der Waals surface area contributed by atoms with E-state index in [-0.39, 0.29) is 17.9 Å². The molecular weight excluding hydrogens is 530 g/mol. The number of benzene rings is 3. The van der Waals surface area contributed by atoms with Crippen LogP contribution in [0, 0.1) is 13.8 Å². The van der Waals surface area contributed by atoms with Gasteiger partial charge >= 0.3 is 5.97 Å². The Balaban J connectivity index is 1.52. The van der Waals surface area contributed by atoms with E-state index in [2.05, 4.69) is 16.0 Å². The van der Waals surface area contributed by atoms with Crippen LogP contribution in [0.2, 0.25) is 0 Å². The average Bonchev–Trinajstić information content (AvgIpc) is 3.32. The number of amides is 2. The third-order valence-electron chi connectivity index (χ3n) is 6.98. The Morgan fingerprint density at radius 3 is 2.24 bits per heavy atom. The summed E-state index contributed by atoms with van der Waals surface area (Å²) in [5, 5.41) is 18.7. The molecule has 0 bridgehead atoms. The number of aliphatic carboxylic acids is 1. The summed E-state index contributed by atoms with van der Waals surface area (Å²) in [5.74, 6) is -1.07. The number of carbonyl (C=O) groups excluding carboxylic acids is 2. The lowest BCUT2D eigenvalue weighted by Crippen LogP contribution is -2.42. The van der Waals surface area contributed by atoms with Gasteiger partial charge in [-0.25, -0.2) is 9.78 Å². The maximum Gasteiger partial charge on any atom is 0.326 e. The van der Waals surface area contributed by atoms with Crippen molar-refractivity contribution in [1.82, 2.24) is 14.7 Å². The van der Waals surface area contributed by atoms with Crippen molar-refractivity contribution in [3.8, 4) is 11.3 Å². The summed E-state index contributed by atoms with van der Waals surface area (Å²) < 4.78 is 1.86. The molecule has 2 heterocycles. The summed E-state index contributed by atoms with van der Waals surface area (Å²) in [5.41, 5.74) is 6.80. The van der Waals surface area contributed by atoms with Crippen molar-refractivity contribution in [2.24, 2.45) is 0 Å². The van der Waals surface area contributed by atoms with Crippen molar-refractivity contribution in [3.63, 3.8) is 0 Å². The Morgan fingerprint density at radius 2 is 1.60 bits per heavy atom. The largest absolute Gasteiger partial charge is 0.480 e. The molecule has 9 heteroatoms. The molecule has 42 heavy (non-hydrogen) atoms. The number of nitrogens with zero attached hydrogens (tertiary/aromatic N) is 2. The van der Waals surface area contributed by atoms with Gasteiger partial charge in [-0.15, -0.1) is 0 Å². The van der Waals surface area contributed by atoms with E-state index in [1.165, 1.54) is 6.92 Å². The van der Waals surface area contributed by atoms with Crippen LogP contribution in [-0.2, 0) is 16.0 Å². The van der Waals surface area contributed by atoms with E-state index in [4.69, 9.17) is 4.98 Å². The van der Waals surface area contributed by atoms with Crippen LogP contribution in [0.15, 0.2) is 91.1 Å². The van der Waals surface area contributed by atoms with Gasteiger partial charge < -0.3 is 21.1 Å². The lowest BCUT2D eigenvalue weighted by atomic mass is 10.1. The van der Waals surface area contributed by atoms with Crippen molar-refractivity contribution in [2.75, 3.05) is 10.6 Å². The molecule has 1 atom stereocenters. The van der Waals surface area contributed by atoms with Crippen LogP contribution in [0.3, 0.4) is 0 Å². The maximum absolute atomic E-state index is 13.2. The minimum absolute atomic E-state index is 0.160. The predicted molar refractivity (Wildman–Crippen MR) is 163 cm³/mol. The Kier molecular flexibility index (Phi) is 8.01. The van der Waals surface area contributed by atoms with Crippen LogP contribution in [0.5, 0.6) is 0 Å². The zero-order valence-corrected chi connectivity index (χ0v) is 23.5. The number of imidazole rings is 1. The number of hydrogen-bond donors (Lipinski definition) is 4. The fourth-order valence-electron chi connectivity index (χ4n) is 4.84. The highest BCUT2D eigenvalue weighted by atomic mass is 16.4. The Hall–Kier alpha value is -5.44. The SMILES string of the molecule is CC(=O)Nc1ccc(-c2nc3cc(C(=O)NC(Cc4ccccc4)C(=O)O)ccn3c2Nc2c(C)cccc2C)cc1. The number of nitrogens with one attached hydrogen (secondary N) is 3. The van der Waals surface area contributed by atoms with Gasteiger partial charge in [0.2, 0.25) is 5.91 Å². The molecule has 5 aromatic rings. The molecule has 5 rings (SSSR count). The zero-order chi connectivity index (χ0) is 29.8. The number of anilines is 3. The minimum Gasteiger partial charge on any atom is -0.480 e. The number of carboxylic acid groups (broad SMARTS) is 1. The molecule has 0 spiro atoms. The summed E-state index contributed by atoms with van der Waals surface area (Å²) in [7, 11) is 0. The standard InChI is InChI=1S/C33H31N5O4/c1-20-8-7-9-21(2)29(20)37-31-30(24-12-14-26(15-13-24)34-22(3)39)36-28-19-25(16-17-38(28)31)32(40)35-27(33(41)42)18-23-10-5-4-6-11-23/h4-17,19,27,37H,18H2,1-3H3,(H,34,39)(H,35,40)(H,41,42). The number of aromatic nitrogens is 2. The Bertz CT molecular complexity index is 1760. The predicted octanol–water partition coefficient (Wildman–Crippen LogP) is 5.75. The molecule has 0 aliphatic heterocycles. The molecule has 9 nitrogen and oxygen atoms in total. The molecule has 0 saturated heterocycles. The van der Waals surface area contributed by atoms with Crippen LogP contribution >= 0.6 is 0 Å². The second-order valence-corrected chi connectivity index (χ2v) is 10.2. The summed E-state index contributed by atoms with van der Waals surface area (Å²) in [6.07, 6.45) is 1.91. The van der Waals surface area contributed by atoms with Gasteiger partial charge in [0.1, 0.15) is 23.2 Å². The molecule has 2 aromatic heterocycles. The first kappa shape index (κ1) is 28.1. The van der Waals surface area contributed by atoms with Crippen LogP contribution < -0.4 is 16.0 Å². The number of aryl methyl sites for hydroxylation is 2. The second-order valence-electron chi connectivity index (χ2n) is 10.2. The van der Waals surface area contributed by atoms with Crippen molar-refractivity contribution < 1.29 is 19.5 Å². The quantitative estimate of drug-likeness (QED) is 0.182. The smallest absolute Gasteiger partial charge is 0.326 e. The summed E-state index contributed by atoms with van der Waals surface area (Å²) in [4.78, 5) is 41.5. The lowest BCUT2D eigenvalue weighted by molar-refractivity contribution is -0.139. The third kappa shape index (κ3) is 6.15. The van der Waals surface area contributed by atoms with E-state index >= 15 is 0 Å². The highest BCUT2D eigenvalue weighted by molar-refractivity contribution is 5.98. The molecule has 0 saturated carbocycles. The van der Waals surface area contributed by atoms with Gasteiger partial charge in [0.05, 0.1) is 0 Å². The fraction of sp³-hybridized carbons (Fsp3) is 0.152. The summed E-state index contributed by atoms with van der Waals surface area (Å²) in [6, 6.07) is 24.8. The third-order valence-corrected chi connectivity index (χ3v) is 6.98. The van der Waals surface area contributed by atoms with Gasteiger partial charge in [-0.05, 0) is 54.8 Å². The molecule has 0 radical (unpaired) electrons. The van der Waals surface area contributed by atoms with Crippen molar-refractivity contribution in [3.05, 3.63) is 113 Å². The first-order valence-electron chi connectivity index (χ1n) is 13.5. The molecule has 0 aliphatic carbocycles. The number of carboxylic acids is 1. The molecular formula is C33H31N5O4. The van der Waals surface area contributed by atoms with Crippen LogP contribution in [-0.4, -0.2) is 38.3 Å². The molecule has 2 amide bonds. The second kappa shape index (κ2) is 12.0. The van der Waals surface area contributed by atoms with E-state index in [1.54, 1.807) is 30.5 Å². The average molecular weight is 562 g/mol. The van der Waals surface area contributed by atoms with Gasteiger partial charge in [0.25, 0.3) is 5.91 Å². The molecule has 3 aromatic carbocycles. The fourth-order valence-corrected chi connectivity index (χ4v) is 4.84. The molecule has 212 valence electrons. The lowest BCUT2D eigenvalue weighted by Gasteiger charge is -2.15. The van der Waals surface area contributed by atoms with Crippen molar-refractivity contribution in [1.29, 1.82) is 0 Å². The van der Waals surface area contributed by atoms with Gasteiger partial charge in [-0.2, -0.15) is 0 Å². The molecule has 1 unspecified atom stereocenters. The first-order valence-corrected chi connectivity index (χ1v) is 13.5. The first-order chi connectivity index (χ1) is 20.2. The van der Waals surface area contributed by atoms with E-state index in [0.717, 1.165) is 27.9 Å². The van der Waals surface area contributed by atoms with E-state index in [0.29, 0.717) is 22.8 Å². The summed E-state index contributed by atoms with van der Waals surface area (Å²) >= 11 is 0. The Labute approximate surface area is 243 Å². The van der Waals surface area contributed by atoms with Crippen molar-refractivity contribution >= 4 is 40.6 Å². The number of carbonyl (C=O) groups is 3. The van der Waals surface area contributed by atoms with E-state index in [1.807, 2.05) is 78.9 Å². The number of hydrogen-bond acceptors (Lipinski definition) is 5. The molecule has 4 N–H and O–H groups in total. The highest BCUT2D eigenvalue weighted by Crippen LogP contribution is 2.34. The molecule has 0 fully saturated rings. The number of fused-ring (bicyclic) bond motifs is 1. The zero-order valence-electron chi connectivity index (χ0n) is 23.5. The Morgan fingerprint density at radius 1 is 0.905 bits per heavy atom. The van der Waals surface area contributed by atoms with Gasteiger partial charge in [0.15, 0.2) is 0 Å². The van der Waals surface area contributed by atoms with Gasteiger partial charge in [0, 0.05) is 42.0 Å². The van der Waals surface area contributed by atoms with Crippen LogP contribution in [0.1, 0.15) is 34.0 Å². The van der Waals surface area contributed by atoms with Gasteiger partial charge in [-0.3, -0.25) is 14.0 Å². The topological polar surface area (TPSA) is 125 Å². The van der Waals surface area contributed by atoms with Gasteiger partial charge in [-0.1, -0.05) is 60.7 Å². The van der Waals surface area contributed by atoms with E-state index < -0.39 is 17.9 Å². The van der Waals surface area contributed by atoms with E-state index in [9.17, 15) is 19.5 Å². The highest BCUT2D eigenvalue weighted by Gasteiger charge is 2.23. The maximum atomic E-state index is 13.2. The van der Waals surface area contributed by atoms with Crippen LogP contribution in [0.4, 0.5) is 17.2 Å². The monoisotopic (exact) mass is 561 g/mol. The van der Waals surface area contributed by atoms with Crippen molar-refractivity contribution in [2.45, 2.75) is 33.2 Å². The number of pyridine rings is 1. The number of para-hydroxylation sites is 1. The normalized spacial score (nSPS) is 11.6. The summed E-state index contributed by atoms with van der Waals surface area (Å²) in [6.45, 7) is 5.51. The number of rotatable bonds is 9. The minimum atomic E-state index is -1.11. The molecule has 0 aliphatic rings. The van der Waals surface area contributed by atoms with Crippen LogP contribution in [0.25, 0.3) is 16.9 Å².